The topological polar surface area (TPSA) is 79.5 Å². The van der Waals surface area contributed by atoms with Gasteiger partial charge in [0, 0.05) is 11.1 Å². The Morgan fingerprint density at radius 1 is 1.07 bits per heavy atom. The number of aryl methyl sites for hydroxylation is 1. The summed E-state index contributed by atoms with van der Waals surface area (Å²) in [5.41, 5.74) is 6.69. The minimum absolute atomic E-state index is 0.0376. The number of benzene rings is 2. The monoisotopic (exact) mass is 403 g/mol. The number of amides is 2. The lowest BCUT2D eigenvalue weighted by Crippen LogP contribution is -2.49. The highest BCUT2D eigenvalue weighted by molar-refractivity contribution is 7.80. The molecule has 2 aromatic carbocycles. The van der Waals surface area contributed by atoms with Gasteiger partial charge in [-0.25, -0.2) is 0 Å². The molecule has 0 heterocycles. The van der Waals surface area contributed by atoms with E-state index in [2.05, 4.69) is 16.2 Å². The Labute approximate surface area is 167 Å². The number of ether oxygens (including phenoxy) is 1. The number of hydrogen-bond acceptors (Lipinski definition) is 4. The molecule has 0 saturated heterocycles. The molecule has 3 N–H and O–H groups in total. The summed E-state index contributed by atoms with van der Waals surface area (Å²) < 4.78 is 5.33. The molecule has 0 spiro atoms. The summed E-state index contributed by atoms with van der Waals surface area (Å²) in [4.78, 5) is 23.5. The van der Waals surface area contributed by atoms with Crippen LogP contribution in [0, 0.1) is 6.92 Å². The first-order chi connectivity index (χ1) is 12.9. The molecular formula is C19H18ClN3O3S. The van der Waals surface area contributed by atoms with Gasteiger partial charge in [-0.05, 0) is 55.0 Å². The Hall–Kier alpha value is -2.90. The smallest absolute Gasteiger partial charge is 0.276 e. The van der Waals surface area contributed by atoms with Crippen LogP contribution in [0.3, 0.4) is 0 Å². The minimum Gasteiger partial charge on any atom is -0.484 e. The molecule has 0 aliphatic heterocycles. The highest BCUT2D eigenvalue weighted by Crippen LogP contribution is 2.11. The molecular weight excluding hydrogens is 386 g/mol. The molecule has 0 atom stereocenters. The number of carbonyl (C=O) groups is 2. The second kappa shape index (κ2) is 10.3. The van der Waals surface area contributed by atoms with E-state index in [1.807, 2.05) is 19.1 Å². The zero-order chi connectivity index (χ0) is 19.6. The number of halogens is 1. The predicted octanol–water partition coefficient (Wildman–Crippen LogP) is 2.76. The fourth-order valence-electron chi connectivity index (χ4n) is 1.88. The zero-order valence-electron chi connectivity index (χ0n) is 14.5. The van der Waals surface area contributed by atoms with E-state index in [1.54, 1.807) is 42.5 Å². The first-order valence-corrected chi connectivity index (χ1v) is 8.74. The van der Waals surface area contributed by atoms with Crippen molar-refractivity contribution in [1.29, 1.82) is 0 Å². The molecule has 27 heavy (non-hydrogen) atoms. The average Bonchev–Trinajstić information content (AvgIpc) is 2.65. The fourth-order valence-corrected chi connectivity index (χ4v) is 2.15. The maximum absolute atomic E-state index is 11.8. The van der Waals surface area contributed by atoms with E-state index in [1.165, 1.54) is 6.08 Å². The molecule has 0 aliphatic rings. The predicted molar refractivity (Wildman–Crippen MR) is 109 cm³/mol. The lowest BCUT2D eigenvalue weighted by Gasteiger charge is -2.10. The molecule has 0 aliphatic carbocycles. The van der Waals surface area contributed by atoms with Gasteiger partial charge in [-0.15, -0.1) is 0 Å². The molecule has 0 unspecified atom stereocenters. The second-order valence-corrected chi connectivity index (χ2v) is 6.32. The summed E-state index contributed by atoms with van der Waals surface area (Å²) >= 11 is 10.7. The normalized spacial score (nSPS) is 10.3. The Balaban J connectivity index is 1.68. The van der Waals surface area contributed by atoms with Gasteiger partial charge in [-0.3, -0.25) is 25.8 Å². The number of nitrogens with one attached hydrogen (secondary N) is 3. The standard InChI is InChI=1S/C19H18ClN3O3S/c1-13-2-9-16(10-3-13)26-12-18(25)22-23-19(27)21-17(24)11-6-14-4-7-15(20)8-5-14/h2-11H,12H2,1H3,(H,22,25)(H2,21,23,24,27)/b11-6+. The number of carbonyl (C=O) groups excluding carboxylic acids is 2. The number of rotatable bonds is 5. The van der Waals surface area contributed by atoms with Gasteiger partial charge in [0.2, 0.25) is 5.91 Å². The van der Waals surface area contributed by atoms with Crippen molar-refractivity contribution in [2.45, 2.75) is 6.92 Å². The highest BCUT2D eigenvalue weighted by atomic mass is 35.5. The third-order valence-electron chi connectivity index (χ3n) is 3.24. The van der Waals surface area contributed by atoms with Crippen LogP contribution in [-0.4, -0.2) is 23.5 Å². The number of hydrazine groups is 1. The van der Waals surface area contributed by atoms with Crippen LogP contribution in [0.2, 0.25) is 5.02 Å². The van der Waals surface area contributed by atoms with E-state index in [0.29, 0.717) is 10.8 Å². The van der Waals surface area contributed by atoms with E-state index < -0.39 is 11.8 Å². The third kappa shape index (κ3) is 7.89. The van der Waals surface area contributed by atoms with Crippen molar-refractivity contribution in [2.24, 2.45) is 0 Å². The van der Waals surface area contributed by atoms with E-state index in [9.17, 15) is 9.59 Å². The Morgan fingerprint density at radius 2 is 1.74 bits per heavy atom. The van der Waals surface area contributed by atoms with Gasteiger partial charge in [0.15, 0.2) is 11.7 Å². The molecule has 0 saturated carbocycles. The van der Waals surface area contributed by atoms with Crippen molar-refractivity contribution in [2.75, 3.05) is 6.61 Å². The molecule has 2 aromatic rings. The largest absolute Gasteiger partial charge is 0.484 e. The third-order valence-corrected chi connectivity index (χ3v) is 3.70. The molecule has 6 nitrogen and oxygen atoms in total. The SMILES string of the molecule is Cc1ccc(OCC(=O)NNC(=S)NC(=O)/C=C/c2ccc(Cl)cc2)cc1. The van der Waals surface area contributed by atoms with Crippen molar-refractivity contribution in [3.63, 3.8) is 0 Å². The van der Waals surface area contributed by atoms with Crippen molar-refractivity contribution >= 4 is 46.8 Å². The number of hydrogen-bond donors (Lipinski definition) is 3. The van der Waals surface area contributed by atoms with Crippen LogP contribution in [0.15, 0.2) is 54.6 Å². The molecule has 8 heteroatoms. The van der Waals surface area contributed by atoms with Crippen molar-refractivity contribution < 1.29 is 14.3 Å². The Kier molecular flexibility index (Phi) is 7.79. The lowest BCUT2D eigenvalue weighted by atomic mass is 10.2. The van der Waals surface area contributed by atoms with Gasteiger partial charge >= 0.3 is 0 Å². The Morgan fingerprint density at radius 3 is 2.41 bits per heavy atom. The van der Waals surface area contributed by atoms with E-state index >= 15 is 0 Å². The number of thiocarbonyl (C=S) groups is 1. The van der Waals surface area contributed by atoms with Gasteiger partial charge < -0.3 is 4.74 Å². The van der Waals surface area contributed by atoms with Gasteiger partial charge in [-0.1, -0.05) is 41.4 Å². The Bertz CT molecular complexity index is 836. The van der Waals surface area contributed by atoms with Gasteiger partial charge in [-0.2, -0.15) is 0 Å². The van der Waals surface area contributed by atoms with E-state index in [0.717, 1.165) is 11.1 Å². The van der Waals surface area contributed by atoms with Gasteiger partial charge in [0.05, 0.1) is 0 Å². The summed E-state index contributed by atoms with van der Waals surface area (Å²) in [6.45, 7) is 1.77. The second-order valence-electron chi connectivity index (χ2n) is 5.48. The van der Waals surface area contributed by atoms with Crippen LogP contribution in [0.1, 0.15) is 11.1 Å². The summed E-state index contributed by atoms with van der Waals surface area (Å²) in [5.74, 6) is -0.296. The van der Waals surface area contributed by atoms with Crippen LogP contribution in [-0.2, 0) is 9.59 Å². The molecule has 0 radical (unpaired) electrons. The summed E-state index contributed by atoms with van der Waals surface area (Å²) in [7, 11) is 0. The molecule has 0 bridgehead atoms. The van der Waals surface area contributed by atoms with E-state index in [-0.39, 0.29) is 11.7 Å². The summed E-state index contributed by atoms with van der Waals surface area (Å²) in [5, 5.41) is 2.99. The van der Waals surface area contributed by atoms with Crippen molar-refractivity contribution in [1.82, 2.24) is 16.2 Å². The van der Waals surface area contributed by atoms with Crippen LogP contribution < -0.4 is 20.9 Å². The van der Waals surface area contributed by atoms with Crippen molar-refractivity contribution in [3.05, 3.63) is 70.8 Å². The average molecular weight is 404 g/mol. The minimum atomic E-state index is -0.441. The molecule has 140 valence electrons. The quantitative estimate of drug-likeness (QED) is 0.406. The molecule has 0 fully saturated rings. The summed E-state index contributed by atoms with van der Waals surface area (Å²) in [6, 6.07) is 14.3. The molecule has 2 rings (SSSR count). The van der Waals surface area contributed by atoms with E-state index in [4.69, 9.17) is 28.6 Å². The molecule has 0 aromatic heterocycles. The van der Waals surface area contributed by atoms with Gasteiger partial charge in [0.1, 0.15) is 5.75 Å². The lowest BCUT2D eigenvalue weighted by molar-refractivity contribution is -0.123. The van der Waals surface area contributed by atoms with Crippen LogP contribution >= 0.6 is 23.8 Å². The van der Waals surface area contributed by atoms with Gasteiger partial charge in [0.25, 0.3) is 5.91 Å². The summed E-state index contributed by atoms with van der Waals surface area (Å²) in [6.07, 6.45) is 2.93. The highest BCUT2D eigenvalue weighted by Gasteiger charge is 2.05. The van der Waals surface area contributed by atoms with Crippen LogP contribution in [0.4, 0.5) is 0 Å². The van der Waals surface area contributed by atoms with Crippen molar-refractivity contribution in [3.8, 4) is 5.75 Å². The fraction of sp³-hybridized carbons (Fsp3) is 0.105. The van der Waals surface area contributed by atoms with Crippen LogP contribution in [0.25, 0.3) is 6.08 Å². The molecule has 2 amide bonds. The maximum Gasteiger partial charge on any atom is 0.276 e. The first-order valence-electron chi connectivity index (χ1n) is 7.95. The first kappa shape index (κ1) is 20.4. The zero-order valence-corrected chi connectivity index (χ0v) is 16.1. The maximum atomic E-state index is 11.8. The van der Waals surface area contributed by atoms with Crippen LogP contribution in [0.5, 0.6) is 5.75 Å².